The summed E-state index contributed by atoms with van der Waals surface area (Å²) < 4.78 is 0. The van der Waals surface area contributed by atoms with E-state index in [1.54, 1.807) is 6.20 Å². The highest BCUT2D eigenvalue weighted by Gasteiger charge is 2.10. The van der Waals surface area contributed by atoms with Crippen LogP contribution in [0.5, 0.6) is 0 Å². The Hall–Kier alpha value is -1.42. The Morgan fingerprint density at radius 3 is 2.67 bits per heavy atom. The monoisotopic (exact) mass is 249 g/mol. The lowest BCUT2D eigenvalue weighted by Crippen LogP contribution is -2.40. The first-order chi connectivity index (χ1) is 8.67. The van der Waals surface area contributed by atoms with Gasteiger partial charge < -0.3 is 10.6 Å². The SMILES string of the molecule is CCC(CC)NC(=O)CN[C@H](C)c1cccnc1. The molecule has 0 aliphatic carbocycles. The molecule has 0 aliphatic heterocycles. The minimum atomic E-state index is 0.0550. The number of amides is 1. The molecule has 4 heteroatoms. The number of nitrogens with one attached hydrogen (secondary N) is 2. The lowest BCUT2D eigenvalue weighted by Gasteiger charge is -2.17. The van der Waals surface area contributed by atoms with Crippen molar-refractivity contribution in [1.29, 1.82) is 0 Å². The van der Waals surface area contributed by atoms with Gasteiger partial charge >= 0.3 is 0 Å². The zero-order chi connectivity index (χ0) is 13.4. The summed E-state index contributed by atoms with van der Waals surface area (Å²) in [7, 11) is 0. The molecule has 0 fully saturated rings. The molecule has 0 bridgehead atoms. The van der Waals surface area contributed by atoms with Crippen LogP contribution >= 0.6 is 0 Å². The molecule has 4 nitrogen and oxygen atoms in total. The summed E-state index contributed by atoms with van der Waals surface area (Å²) in [5, 5.41) is 6.21. The van der Waals surface area contributed by atoms with Crippen molar-refractivity contribution in [3.05, 3.63) is 30.1 Å². The van der Waals surface area contributed by atoms with Crippen LogP contribution in [0.4, 0.5) is 0 Å². The van der Waals surface area contributed by atoms with Gasteiger partial charge in [0.15, 0.2) is 0 Å². The Labute approximate surface area is 109 Å². The fourth-order valence-electron chi connectivity index (χ4n) is 1.77. The molecule has 1 aromatic rings. The molecule has 1 rings (SSSR count). The Bertz CT molecular complexity index is 349. The number of pyridine rings is 1. The maximum absolute atomic E-state index is 11.7. The number of nitrogens with zero attached hydrogens (tertiary/aromatic N) is 1. The smallest absolute Gasteiger partial charge is 0.234 e. The second-order valence-electron chi connectivity index (χ2n) is 4.47. The van der Waals surface area contributed by atoms with E-state index in [0.717, 1.165) is 18.4 Å². The highest BCUT2D eigenvalue weighted by molar-refractivity contribution is 5.78. The van der Waals surface area contributed by atoms with Crippen LogP contribution in [0.15, 0.2) is 24.5 Å². The van der Waals surface area contributed by atoms with Crippen LogP contribution in [-0.2, 0) is 4.79 Å². The van der Waals surface area contributed by atoms with E-state index in [1.807, 2.05) is 25.3 Å². The van der Waals surface area contributed by atoms with Crippen LogP contribution in [0.25, 0.3) is 0 Å². The summed E-state index contributed by atoms with van der Waals surface area (Å²) in [6, 6.07) is 4.32. The third kappa shape index (κ3) is 4.84. The highest BCUT2D eigenvalue weighted by atomic mass is 16.1. The van der Waals surface area contributed by atoms with Gasteiger partial charge in [-0.2, -0.15) is 0 Å². The van der Waals surface area contributed by atoms with Gasteiger partial charge in [0.2, 0.25) is 5.91 Å². The molecule has 0 spiro atoms. The van der Waals surface area contributed by atoms with Gasteiger partial charge in [0.25, 0.3) is 0 Å². The van der Waals surface area contributed by atoms with Gasteiger partial charge in [-0.15, -0.1) is 0 Å². The molecular formula is C14H23N3O. The van der Waals surface area contributed by atoms with E-state index in [2.05, 4.69) is 29.5 Å². The van der Waals surface area contributed by atoms with E-state index in [4.69, 9.17) is 0 Å². The molecule has 0 saturated carbocycles. The van der Waals surface area contributed by atoms with Crippen molar-refractivity contribution < 1.29 is 4.79 Å². The second-order valence-corrected chi connectivity index (χ2v) is 4.47. The van der Waals surface area contributed by atoms with Gasteiger partial charge in [0, 0.05) is 24.5 Å². The van der Waals surface area contributed by atoms with Crippen LogP contribution in [-0.4, -0.2) is 23.5 Å². The molecule has 0 radical (unpaired) electrons. The summed E-state index contributed by atoms with van der Waals surface area (Å²) in [4.78, 5) is 15.8. The van der Waals surface area contributed by atoms with Crippen molar-refractivity contribution >= 4 is 5.91 Å². The third-order valence-electron chi connectivity index (χ3n) is 3.10. The molecule has 18 heavy (non-hydrogen) atoms. The fourth-order valence-corrected chi connectivity index (χ4v) is 1.77. The Kier molecular flexibility index (Phi) is 6.36. The zero-order valence-electron chi connectivity index (χ0n) is 11.4. The van der Waals surface area contributed by atoms with E-state index in [0.29, 0.717) is 6.54 Å². The molecule has 100 valence electrons. The quantitative estimate of drug-likeness (QED) is 0.777. The number of carbonyl (C=O) groups is 1. The molecule has 1 amide bonds. The van der Waals surface area contributed by atoms with Crippen molar-refractivity contribution in [2.24, 2.45) is 0 Å². The Balaban J connectivity index is 2.34. The minimum Gasteiger partial charge on any atom is -0.352 e. The average Bonchev–Trinajstić information content (AvgIpc) is 2.43. The summed E-state index contributed by atoms with van der Waals surface area (Å²) in [6.45, 7) is 6.54. The minimum absolute atomic E-state index is 0.0550. The van der Waals surface area contributed by atoms with Crippen molar-refractivity contribution in [1.82, 2.24) is 15.6 Å². The number of hydrogen-bond donors (Lipinski definition) is 2. The normalized spacial score (nSPS) is 12.4. The average molecular weight is 249 g/mol. The van der Waals surface area contributed by atoms with Gasteiger partial charge in [0.1, 0.15) is 0 Å². The highest BCUT2D eigenvalue weighted by Crippen LogP contribution is 2.08. The van der Waals surface area contributed by atoms with Crippen LogP contribution in [0, 0.1) is 0 Å². The van der Waals surface area contributed by atoms with Crippen molar-refractivity contribution in [3.8, 4) is 0 Å². The maximum Gasteiger partial charge on any atom is 0.234 e. The number of aromatic nitrogens is 1. The number of rotatable bonds is 7. The molecule has 1 atom stereocenters. The van der Waals surface area contributed by atoms with Crippen LogP contribution in [0.2, 0.25) is 0 Å². The van der Waals surface area contributed by atoms with Crippen molar-refractivity contribution in [3.63, 3.8) is 0 Å². The van der Waals surface area contributed by atoms with E-state index >= 15 is 0 Å². The van der Waals surface area contributed by atoms with Gasteiger partial charge in [-0.3, -0.25) is 9.78 Å². The zero-order valence-corrected chi connectivity index (χ0v) is 11.4. The molecule has 1 aromatic heterocycles. The van der Waals surface area contributed by atoms with Crippen molar-refractivity contribution in [2.45, 2.75) is 45.7 Å². The van der Waals surface area contributed by atoms with Gasteiger partial charge in [-0.1, -0.05) is 19.9 Å². The predicted molar refractivity (Wildman–Crippen MR) is 73.2 cm³/mol. The van der Waals surface area contributed by atoms with E-state index in [1.165, 1.54) is 0 Å². The largest absolute Gasteiger partial charge is 0.352 e. The summed E-state index contributed by atoms with van der Waals surface area (Å²) in [5.74, 6) is 0.0550. The van der Waals surface area contributed by atoms with Crippen LogP contribution in [0.3, 0.4) is 0 Å². The third-order valence-corrected chi connectivity index (χ3v) is 3.10. The molecule has 0 saturated heterocycles. The lowest BCUT2D eigenvalue weighted by atomic mass is 10.1. The van der Waals surface area contributed by atoms with Gasteiger partial charge in [-0.25, -0.2) is 0 Å². The van der Waals surface area contributed by atoms with Crippen LogP contribution in [0.1, 0.15) is 45.2 Å². The lowest BCUT2D eigenvalue weighted by molar-refractivity contribution is -0.121. The van der Waals surface area contributed by atoms with Gasteiger partial charge in [0.05, 0.1) is 6.54 Å². The van der Waals surface area contributed by atoms with Gasteiger partial charge in [-0.05, 0) is 31.4 Å². The molecule has 1 heterocycles. The van der Waals surface area contributed by atoms with Crippen LogP contribution < -0.4 is 10.6 Å². The summed E-state index contributed by atoms with van der Waals surface area (Å²) >= 11 is 0. The standard InChI is InChI=1S/C14H23N3O/c1-4-13(5-2)17-14(18)10-16-11(3)12-7-6-8-15-9-12/h6-9,11,13,16H,4-5,10H2,1-3H3,(H,17,18)/t11-/m1/s1. The maximum atomic E-state index is 11.7. The Morgan fingerprint density at radius 2 is 2.11 bits per heavy atom. The molecule has 0 unspecified atom stereocenters. The fraction of sp³-hybridized carbons (Fsp3) is 0.571. The predicted octanol–water partition coefficient (Wildman–Crippen LogP) is 2.04. The molecule has 0 aromatic carbocycles. The molecular weight excluding hydrogens is 226 g/mol. The number of carbonyl (C=O) groups excluding carboxylic acids is 1. The first kappa shape index (κ1) is 14.6. The second kappa shape index (κ2) is 7.82. The number of hydrogen-bond acceptors (Lipinski definition) is 3. The summed E-state index contributed by atoms with van der Waals surface area (Å²) in [5.41, 5.74) is 1.09. The first-order valence-electron chi connectivity index (χ1n) is 6.60. The molecule has 0 aliphatic rings. The van der Waals surface area contributed by atoms with E-state index < -0.39 is 0 Å². The molecule has 2 N–H and O–H groups in total. The van der Waals surface area contributed by atoms with E-state index in [-0.39, 0.29) is 18.0 Å². The van der Waals surface area contributed by atoms with E-state index in [9.17, 15) is 4.79 Å². The summed E-state index contributed by atoms with van der Waals surface area (Å²) in [6.07, 6.45) is 5.51. The van der Waals surface area contributed by atoms with Crippen molar-refractivity contribution in [2.75, 3.05) is 6.54 Å². The topological polar surface area (TPSA) is 54.0 Å². The Morgan fingerprint density at radius 1 is 1.39 bits per heavy atom. The first-order valence-corrected chi connectivity index (χ1v) is 6.60.